The fourth-order valence-corrected chi connectivity index (χ4v) is 7.79. The number of halogens is 7. The molecule has 0 atom stereocenters. The van der Waals surface area contributed by atoms with E-state index in [1.807, 2.05) is 28.2 Å². The van der Waals surface area contributed by atoms with Crippen molar-refractivity contribution in [3.05, 3.63) is 110 Å². The van der Waals surface area contributed by atoms with Crippen LogP contribution in [0.2, 0.25) is 25.1 Å². The number of nitrogens with one attached hydrogen (secondary N) is 1. The Bertz CT molecular complexity index is 2420. The molecule has 59 heavy (non-hydrogen) atoms. The van der Waals surface area contributed by atoms with E-state index in [0.717, 1.165) is 15.3 Å². The number of anilines is 1. The van der Waals surface area contributed by atoms with Crippen LogP contribution in [0.5, 0.6) is 0 Å². The number of hydrogen-bond acceptors (Lipinski definition) is 19. The Labute approximate surface area is 387 Å². The molecule has 6 heterocycles. The van der Waals surface area contributed by atoms with Crippen molar-refractivity contribution in [3.63, 3.8) is 0 Å². The molecule has 27 heteroatoms. The predicted octanol–water partition coefficient (Wildman–Crippen LogP) is 11.1. The third-order valence-electron chi connectivity index (χ3n) is 5.47. The summed E-state index contributed by atoms with van der Waals surface area (Å²) < 4.78 is 9.96. The first-order valence-corrected chi connectivity index (χ1v) is 20.1. The minimum absolute atomic E-state index is 0. The molecule has 16 nitrogen and oxygen atoms in total. The summed E-state index contributed by atoms with van der Waals surface area (Å²) in [7, 11) is 0. The van der Waals surface area contributed by atoms with E-state index in [4.69, 9.17) is 100 Å². The molecule has 0 aliphatic carbocycles. The van der Waals surface area contributed by atoms with Crippen molar-refractivity contribution in [1.29, 1.82) is 10.5 Å². The molecule has 6 aromatic heterocycles. The summed E-state index contributed by atoms with van der Waals surface area (Å²) in [6, 6.07) is 14.1. The van der Waals surface area contributed by atoms with Gasteiger partial charge in [-0.1, -0.05) is 77.6 Å². The summed E-state index contributed by atoms with van der Waals surface area (Å²) in [5.74, 6) is 4.15. The maximum atomic E-state index is 10.9. The number of nitriles is 2. The van der Waals surface area contributed by atoms with Crippen LogP contribution in [0, 0.1) is 22.9 Å². The van der Waals surface area contributed by atoms with Gasteiger partial charge < -0.3 is 25.7 Å². The fourth-order valence-electron chi connectivity index (χ4n) is 3.26. The molecule has 7 aromatic rings. The highest BCUT2D eigenvalue weighted by atomic mass is 35.5. The highest BCUT2D eigenvalue weighted by Crippen LogP contribution is 2.33. The minimum atomic E-state index is -0.491. The Morgan fingerprint density at radius 3 is 1.61 bits per heavy atom. The van der Waals surface area contributed by atoms with E-state index in [0.29, 0.717) is 46.6 Å². The highest BCUT2D eigenvalue weighted by molar-refractivity contribution is 7.15. The van der Waals surface area contributed by atoms with Crippen LogP contribution in [0.3, 0.4) is 0 Å². The number of carbonyl (C=O) groups is 2. The second-order valence-electron chi connectivity index (χ2n) is 9.03. The summed E-state index contributed by atoms with van der Waals surface area (Å²) in [6.07, 6.45) is 4.42. The number of aromatic nitrogens is 4. The molecule has 1 amide bonds. The first-order valence-electron chi connectivity index (χ1n) is 14.3. The van der Waals surface area contributed by atoms with Crippen molar-refractivity contribution in [3.8, 4) is 33.9 Å². The van der Waals surface area contributed by atoms with Gasteiger partial charge in [-0.15, -0.1) is 57.8 Å². The van der Waals surface area contributed by atoms with E-state index in [-0.39, 0.29) is 31.7 Å². The lowest BCUT2D eigenvalue weighted by molar-refractivity contribution is 0.0976. The summed E-state index contributed by atoms with van der Waals surface area (Å²) in [4.78, 5) is 35.8. The molecule has 0 saturated heterocycles. The number of rotatable bonds is 6. The zero-order valence-corrected chi connectivity index (χ0v) is 36.9. The van der Waals surface area contributed by atoms with Gasteiger partial charge in [0.15, 0.2) is 12.4 Å². The number of carbonyl (C=O) groups excluding carboxylic acids is 2. The van der Waals surface area contributed by atoms with Crippen LogP contribution in [-0.4, -0.2) is 42.9 Å². The zero-order chi connectivity index (χ0) is 42.3. The predicted molar refractivity (Wildman–Crippen MR) is 240 cm³/mol. The van der Waals surface area contributed by atoms with Crippen LogP contribution in [0.4, 0.5) is 11.9 Å². The van der Waals surface area contributed by atoms with Crippen molar-refractivity contribution in [2.75, 3.05) is 5.73 Å². The van der Waals surface area contributed by atoms with Gasteiger partial charge >= 0.3 is 0 Å². The van der Waals surface area contributed by atoms with Crippen molar-refractivity contribution in [1.82, 2.24) is 25.6 Å². The van der Waals surface area contributed by atoms with Gasteiger partial charge in [0.25, 0.3) is 34.8 Å². The number of aliphatic imine (C=N–C) groups is 1. The number of hydrogen-bond donors (Lipinski definition) is 5. The lowest BCUT2D eigenvalue weighted by atomic mass is 10.2. The van der Waals surface area contributed by atoms with E-state index in [2.05, 4.69) is 36.9 Å². The van der Waals surface area contributed by atoms with Crippen LogP contribution >= 0.6 is 127 Å². The Morgan fingerprint density at radius 2 is 1.22 bits per heavy atom. The first-order chi connectivity index (χ1) is 27.4. The molecule has 0 fully saturated rings. The highest BCUT2D eigenvalue weighted by Gasteiger charge is 2.14. The Hall–Kier alpha value is -4.36. The third kappa shape index (κ3) is 18.6. The van der Waals surface area contributed by atoms with Crippen LogP contribution in [-0.2, 0) is 0 Å². The van der Waals surface area contributed by atoms with E-state index in [9.17, 15) is 9.59 Å². The fraction of sp³-hybridized carbons (Fsp3) is 0.0312. The van der Waals surface area contributed by atoms with E-state index >= 15 is 0 Å². The van der Waals surface area contributed by atoms with Gasteiger partial charge in [-0.3, -0.25) is 14.9 Å². The van der Waals surface area contributed by atoms with Crippen molar-refractivity contribution in [2.45, 2.75) is 7.43 Å². The average molecular weight is 1020 g/mol. The topological polar surface area (TPSA) is 282 Å². The molecule has 0 spiro atoms. The lowest BCUT2D eigenvalue weighted by Gasteiger charge is -1.91. The van der Waals surface area contributed by atoms with E-state index < -0.39 is 11.1 Å². The van der Waals surface area contributed by atoms with Crippen molar-refractivity contribution < 1.29 is 23.8 Å². The van der Waals surface area contributed by atoms with Gasteiger partial charge in [0, 0.05) is 11.2 Å². The monoisotopic (exact) mass is 1020 g/mol. The van der Waals surface area contributed by atoms with E-state index in [1.165, 1.54) is 57.7 Å². The summed E-state index contributed by atoms with van der Waals surface area (Å²) in [5.41, 5.74) is 10.3. The number of nitrogens with two attached hydrogens (primary N) is 3. The maximum absolute atomic E-state index is 10.9. The summed E-state index contributed by atoms with van der Waals surface area (Å²) in [5, 5.41) is 40.2. The molecule has 312 valence electrons. The van der Waals surface area contributed by atoms with Gasteiger partial charge in [-0.25, -0.2) is 10.9 Å². The molecular weight excluding hydrogens is 995 g/mol. The second kappa shape index (κ2) is 29.8. The smallest absolute Gasteiger partial charge is 0.289 e. The quantitative estimate of drug-likeness (QED) is 0.0341. The molecule has 0 unspecified atom stereocenters. The first kappa shape index (κ1) is 54.6. The van der Waals surface area contributed by atoms with Crippen molar-refractivity contribution in [2.24, 2.45) is 16.6 Å². The van der Waals surface area contributed by atoms with E-state index in [1.54, 1.807) is 53.4 Å². The number of nitrogen functional groups attached to an aromatic ring is 1. The SMILES string of the molecule is C.Cl.Clc1ccc(C=Nc2noc(-c3sccc3Cl)n2)cc1.N#CN.N#CNC(=O)c1sccc1Cl.NO.Nc1noc(-c2sccc2Cl)n1.O=C(Cl)c1sccc1Cl. The van der Waals surface area contributed by atoms with Gasteiger partial charge in [0.2, 0.25) is 0 Å². The largest absolute Gasteiger partial charge is 0.365 e. The molecule has 8 N–H and O–H groups in total. The molecule has 1 aromatic carbocycles. The third-order valence-corrected chi connectivity index (χ3v) is 11.4. The van der Waals surface area contributed by atoms with Gasteiger partial charge in [0.1, 0.15) is 19.5 Å². The number of benzene rings is 1. The summed E-state index contributed by atoms with van der Waals surface area (Å²) in [6.45, 7) is 0. The Balaban J connectivity index is 0.000000756. The summed E-state index contributed by atoms with van der Waals surface area (Å²) >= 11 is 39.2. The number of nitrogens with zero attached hydrogens (tertiary/aromatic N) is 7. The number of thiophene rings is 4. The number of amides is 1. The van der Waals surface area contributed by atoms with Crippen molar-refractivity contribution >= 4 is 157 Å². The van der Waals surface area contributed by atoms with Crippen LogP contribution < -0.4 is 22.7 Å². The molecule has 0 bridgehead atoms. The van der Waals surface area contributed by atoms with Crippen LogP contribution in [0.15, 0.2) is 84.1 Å². The molecule has 0 aliphatic rings. The lowest BCUT2D eigenvalue weighted by Crippen LogP contribution is -2.15. The molecule has 7 rings (SSSR count). The van der Waals surface area contributed by atoms with Gasteiger partial charge in [-0.2, -0.15) is 20.5 Å². The maximum Gasteiger partial charge on any atom is 0.289 e. The molecule has 0 aliphatic heterocycles. The Morgan fingerprint density at radius 1 is 0.763 bits per heavy atom. The normalized spacial score (nSPS) is 9.25. The molecular formula is C32H26Cl7N11O5S4. The van der Waals surface area contributed by atoms with Gasteiger partial charge in [0.05, 0.1) is 20.1 Å². The standard InChI is InChI=1S/C13H7Cl2N3OS.C6H4ClN3OS.C6H3ClN2OS.C5H2Cl2OS.CH2N2.CH4.ClH.H3NO/c14-9-3-1-8(2-4-9)7-16-13-17-12(19-18-13)11-10(15)5-6-20-11;7-3-1-2-12-4(3)5-9-6(8)10-11-5;7-4-1-2-11-5(4)6(10)9-3-8;6-3-1-2-9-4(3)5(7)8;2-1-3;;;1-2/h1-7H;1-2H,(H2,8,10);1-2H,(H,9,10);1-2H;2H2;1H4;1H;2H,1H2. The zero-order valence-electron chi connectivity index (χ0n) is 28.3. The van der Waals surface area contributed by atoms with Crippen LogP contribution in [0.1, 0.15) is 32.3 Å². The minimum Gasteiger partial charge on any atom is -0.365 e. The van der Waals surface area contributed by atoms with Crippen LogP contribution in [0.25, 0.3) is 21.5 Å². The Kier molecular flexibility index (Phi) is 27.6. The average Bonchev–Trinajstić information content (AvgIpc) is 4.05. The second-order valence-corrected chi connectivity index (χ2v) is 15.1. The van der Waals surface area contributed by atoms with Gasteiger partial charge in [-0.05, 0) is 85.4 Å². The molecule has 0 saturated carbocycles. The molecule has 0 radical (unpaired) electrons.